The van der Waals surface area contributed by atoms with Gasteiger partial charge in [0.05, 0.1) is 0 Å². The summed E-state index contributed by atoms with van der Waals surface area (Å²) in [7, 11) is 0. The average molecular weight is 222 g/mol. The van der Waals surface area contributed by atoms with E-state index >= 15 is 0 Å². The van der Waals surface area contributed by atoms with Crippen LogP contribution in [0.2, 0.25) is 0 Å². The van der Waals surface area contributed by atoms with E-state index in [1.54, 1.807) is 12.1 Å². The summed E-state index contributed by atoms with van der Waals surface area (Å²) >= 11 is 0. The van der Waals surface area contributed by atoms with Crippen molar-refractivity contribution in [2.75, 3.05) is 0 Å². The first kappa shape index (κ1) is 13.2. The van der Waals surface area contributed by atoms with Gasteiger partial charge in [-0.1, -0.05) is 53.7 Å². The first-order valence-electron chi connectivity index (χ1n) is 5.95. The van der Waals surface area contributed by atoms with E-state index in [1.165, 1.54) is 5.56 Å². The number of hydrogen-bond donors (Lipinski definition) is 0. The molecule has 0 aromatic heterocycles. The summed E-state index contributed by atoms with van der Waals surface area (Å²) in [5.74, 6) is 0.349. The Morgan fingerprint density at radius 3 is 1.69 bits per heavy atom. The van der Waals surface area contributed by atoms with E-state index in [4.69, 9.17) is 0 Å². The Bertz CT molecular complexity index is 343. The lowest BCUT2D eigenvalue weighted by atomic mass is 9.58. The van der Waals surface area contributed by atoms with E-state index in [0.29, 0.717) is 5.92 Å². The lowest BCUT2D eigenvalue weighted by molar-refractivity contribution is 0.142. The first-order chi connectivity index (χ1) is 7.19. The van der Waals surface area contributed by atoms with Gasteiger partial charge in [0.2, 0.25) is 0 Å². The van der Waals surface area contributed by atoms with E-state index < -0.39 is 0 Å². The molecule has 0 nitrogen and oxygen atoms in total. The highest BCUT2D eigenvalue weighted by Gasteiger charge is 2.41. The molecule has 1 rings (SSSR count). The number of hydrogen-bond acceptors (Lipinski definition) is 0. The summed E-state index contributed by atoms with van der Waals surface area (Å²) in [5, 5.41) is 0. The standard InChI is InChI=1S/C15H23F/c1-11(2)15(6,14(3,4)5)12-7-9-13(16)10-8-12/h7-11H,1-6H3. The third-order valence-electron chi connectivity index (χ3n) is 4.16. The van der Waals surface area contributed by atoms with Gasteiger partial charge >= 0.3 is 0 Å². The maximum atomic E-state index is 13.0. The second kappa shape index (κ2) is 4.20. The van der Waals surface area contributed by atoms with Crippen LogP contribution in [0.4, 0.5) is 4.39 Å². The molecule has 0 saturated heterocycles. The number of halogens is 1. The Hall–Kier alpha value is -0.850. The van der Waals surface area contributed by atoms with E-state index in [-0.39, 0.29) is 16.6 Å². The fourth-order valence-electron chi connectivity index (χ4n) is 2.43. The minimum atomic E-state index is -0.163. The maximum Gasteiger partial charge on any atom is 0.123 e. The first-order valence-corrected chi connectivity index (χ1v) is 5.95. The van der Waals surface area contributed by atoms with Gasteiger partial charge in [-0.2, -0.15) is 0 Å². The minimum absolute atomic E-state index is 0.0563. The van der Waals surface area contributed by atoms with Gasteiger partial charge in [0.15, 0.2) is 0 Å². The lowest BCUT2D eigenvalue weighted by Gasteiger charge is -2.46. The normalized spacial score (nSPS) is 16.2. The fourth-order valence-corrected chi connectivity index (χ4v) is 2.43. The summed E-state index contributed by atoms with van der Waals surface area (Å²) < 4.78 is 13.0. The van der Waals surface area contributed by atoms with Crippen LogP contribution in [0, 0.1) is 17.2 Å². The molecule has 0 heterocycles. The van der Waals surface area contributed by atoms with Gasteiger partial charge in [-0.3, -0.25) is 0 Å². The van der Waals surface area contributed by atoms with Crippen molar-refractivity contribution >= 4 is 0 Å². The van der Waals surface area contributed by atoms with Crippen LogP contribution in [0.15, 0.2) is 24.3 Å². The van der Waals surface area contributed by atoms with Crippen LogP contribution < -0.4 is 0 Å². The van der Waals surface area contributed by atoms with Crippen molar-refractivity contribution in [2.45, 2.75) is 47.0 Å². The highest BCUT2D eigenvalue weighted by atomic mass is 19.1. The fraction of sp³-hybridized carbons (Fsp3) is 0.600. The molecule has 90 valence electrons. The van der Waals surface area contributed by atoms with Crippen LogP contribution in [0.1, 0.15) is 47.1 Å². The molecule has 1 aromatic carbocycles. The summed E-state index contributed by atoms with van der Waals surface area (Å²) in [6.45, 7) is 13.5. The van der Waals surface area contributed by atoms with Crippen LogP contribution in [0.25, 0.3) is 0 Å². The largest absolute Gasteiger partial charge is 0.207 e. The number of benzene rings is 1. The van der Waals surface area contributed by atoms with Crippen molar-refractivity contribution in [1.82, 2.24) is 0 Å². The average Bonchev–Trinajstić information content (AvgIpc) is 2.15. The molecule has 0 aliphatic carbocycles. The third kappa shape index (κ3) is 2.14. The highest BCUT2D eigenvalue weighted by molar-refractivity contribution is 5.28. The smallest absolute Gasteiger partial charge is 0.123 e. The summed E-state index contributed by atoms with van der Waals surface area (Å²) in [6.07, 6.45) is 0. The van der Waals surface area contributed by atoms with Crippen molar-refractivity contribution in [3.05, 3.63) is 35.6 Å². The van der Waals surface area contributed by atoms with Gasteiger partial charge in [0.25, 0.3) is 0 Å². The Labute approximate surface area is 98.9 Å². The molecule has 0 radical (unpaired) electrons. The van der Waals surface area contributed by atoms with E-state index in [1.807, 2.05) is 12.1 Å². The monoisotopic (exact) mass is 222 g/mol. The van der Waals surface area contributed by atoms with E-state index in [2.05, 4.69) is 41.5 Å². The Kier molecular flexibility index (Phi) is 3.47. The van der Waals surface area contributed by atoms with Gasteiger partial charge in [-0.05, 0) is 34.4 Å². The molecule has 0 fully saturated rings. The quantitative estimate of drug-likeness (QED) is 0.675. The van der Waals surface area contributed by atoms with Crippen LogP contribution in [0.5, 0.6) is 0 Å². The third-order valence-corrected chi connectivity index (χ3v) is 4.16. The van der Waals surface area contributed by atoms with Gasteiger partial charge in [-0.25, -0.2) is 4.39 Å². The van der Waals surface area contributed by atoms with Crippen LogP contribution >= 0.6 is 0 Å². The predicted molar refractivity (Wildman–Crippen MR) is 68.0 cm³/mol. The topological polar surface area (TPSA) is 0 Å². The zero-order valence-electron chi connectivity index (χ0n) is 11.3. The molecule has 1 aromatic rings. The highest BCUT2D eigenvalue weighted by Crippen LogP contribution is 2.46. The van der Waals surface area contributed by atoms with Crippen molar-refractivity contribution < 1.29 is 4.39 Å². The molecule has 16 heavy (non-hydrogen) atoms. The molecule has 1 heteroatoms. The molecule has 0 N–H and O–H groups in total. The van der Waals surface area contributed by atoms with Crippen molar-refractivity contribution in [3.8, 4) is 0 Å². The molecule has 1 unspecified atom stereocenters. The van der Waals surface area contributed by atoms with Crippen molar-refractivity contribution in [2.24, 2.45) is 11.3 Å². The molecule has 1 atom stereocenters. The molecule has 0 bridgehead atoms. The van der Waals surface area contributed by atoms with Crippen molar-refractivity contribution in [1.29, 1.82) is 0 Å². The molecule has 0 spiro atoms. The predicted octanol–water partition coefficient (Wildman–Crippen LogP) is 4.79. The molecular formula is C15H23F. The summed E-state index contributed by atoms with van der Waals surface area (Å²) in [4.78, 5) is 0. The Balaban J connectivity index is 3.28. The Morgan fingerprint density at radius 2 is 1.38 bits per heavy atom. The van der Waals surface area contributed by atoms with Gasteiger partial charge in [0.1, 0.15) is 5.82 Å². The number of rotatable bonds is 2. The zero-order valence-corrected chi connectivity index (χ0v) is 11.3. The van der Waals surface area contributed by atoms with Gasteiger partial charge < -0.3 is 0 Å². The molecule has 0 aliphatic heterocycles. The Morgan fingerprint density at radius 1 is 0.938 bits per heavy atom. The van der Waals surface area contributed by atoms with E-state index in [0.717, 1.165) is 0 Å². The van der Waals surface area contributed by atoms with Crippen molar-refractivity contribution in [3.63, 3.8) is 0 Å². The maximum absolute atomic E-state index is 13.0. The second-order valence-electron chi connectivity index (χ2n) is 6.11. The van der Waals surface area contributed by atoms with Crippen LogP contribution in [-0.4, -0.2) is 0 Å². The molecule has 0 aliphatic rings. The van der Waals surface area contributed by atoms with E-state index in [9.17, 15) is 4.39 Å². The zero-order chi connectivity index (χ0) is 12.6. The molecule has 0 amide bonds. The minimum Gasteiger partial charge on any atom is -0.207 e. The van der Waals surface area contributed by atoms with Crippen LogP contribution in [-0.2, 0) is 5.41 Å². The molecular weight excluding hydrogens is 199 g/mol. The lowest BCUT2D eigenvalue weighted by Crippen LogP contribution is -2.41. The van der Waals surface area contributed by atoms with Gasteiger partial charge in [-0.15, -0.1) is 0 Å². The second-order valence-corrected chi connectivity index (χ2v) is 6.11. The SMILES string of the molecule is CC(C)C(C)(c1ccc(F)cc1)C(C)(C)C. The van der Waals surface area contributed by atoms with Crippen LogP contribution in [0.3, 0.4) is 0 Å². The summed E-state index contributed by atoms with van der Waals surface area (Å²) in [5.41, 5.74) is 1.43. The summed E-state index contributed by atoms with van der Waals surface area (Å²) in [6, 6.07) is 6.95. The van der Waals surface area contributed by atoms with Gasteiger partial charge in [0, 0.05) is 0 Å². The molecule has 0 saturated carbocycles.